The van der Waals surface area contributed by atoms with Crippen LogP contribution in [0.4, 0.5) is 0 Å². The molecule has 2 fully saturated rings. The summed E-state index contributed by atoms with van der Waals surface area (Å²) in [5, 5.41) is 13.5. The first-order valence-corrected chi connectivity index (χ1v) is 13.1. The quantitative estimate of drug-likeness (QED) is 0.227. The van der Waals surface area contributed by atoms with Crippen LogP contribution in [0.2, 0.25) is 0 Å². The number of hydrogen-bond acceptors (Lipinski definition) is 9. The molecular formula is C22H27ClN3O9P. The zero-order chi connectivity index (χ0) is 26.4. The van der Waals surface area contributed by atoms with Crippen LogP contribution in [0.1, 0.15) is 27.2 Å². The van der Waals surface area contributed by atoms with Gasteiger partial charge in [0, 0.05) is 18.7 Å². The number of rotatable bonds is 10. The minimum atomic E-state index is -4.26. The molecule has 4 rings (SSSR count). The molecule has 14 heteroatoms. The van der Waals surface area contributed by atoms with Crippen molar-refractivity contribution >= 4 is 25.3 Å². The summed E-state index contributed by atoms with van der Waals surface area (Å²) in [5.41, 5.74) is -4.24. The van der Waals surface area contributed by atoms with Crippen LogP contribution in [0.15, 0.2) is 52.2 Å². The van der Waals surface area contributed by atoms with Crippen molar-refractivity contribution in [3.8, 4) is 5.75 Å². The number of nitrogens with one attached hydrogen (secondary N) is 2. The van der Waals surface area contributed by atoms with Crippen molar-refractivity contribution in [2.24, 2.45) is 0 Å². The average Bonchev–Trinajstić information content (AvgIpc) is 3.35. The molecule has 1 aliphatic heterocycles. The molecule has 3 N–H and O–H groups in total. The molecule has 2 heterocycles. The van der Waals surface area contributed by atoms with Crippen LogP contribution in [-0.4, -0.2) is 56.5 Å². The Morgan fingerprint density at radius 1 is 1.33 bits per heavy atom. The molecule has 0 radical (unpaired) electrons. The van der Waals surface area contributed by atoms with Crippen molar-refractivity contribution < 1.29 is 33.0 Å². The van der Waals surface area contributed by atoms with Crippen LogP contribution in [0, 0.1) is 0 Å². The fourth-order valence-electron chi connectivity index (χ4n) is 4.13. The van der Waals surface area contributed by atoms with Crippen LogP contribution in [0.5, 0.6) is 5.75 Å². The second-order valence-electron chi connectivity index (χ2n) is 9.06. The number of alkyl halides is 1. The molecule has 1 unspecified atom stereocenters. The number of aromatic nitrogens is 2. The molecule has 2 aliphatic rings. The summed E-state index contributed by atoms with van der Waals surface area (Å²) in [4.78, 5) is 37.0. The normalized spacial score (nSPS) is 28.7. The van der Waals surface area contributed by atoms with Gasteiger partial charge in [-0.1, -0.05) is 18.2 Å². The van der Waals surface area contributed by atoms with Crippen molar-refractivity contribution in [1.29, 1.82) is 0 Å². The summed E-state index contributed by atoms with van der Waals surface area (Å²) in [6, 6.07) is 9.30. The van der Waals surface area contributed by atoms with Gasteiger partial charge in [0.15, 0.2) is 5.72 Å². The first-order valence-electron chi connectivity index (χ1n) is 11.2. The van der Waals surface area contributed by atoms with E-state index in [-0.39, 0.29) is 18.8 Å². The number of para-hydroxylation sites is 1. The highest BCUT2D eigenvalue weighted by atomic mass is 35.5. The highest BCUT2D eigenvalue weighted by Gasteiger charge is 2.80. The fraction of sp³-hybridized carbons (Fsp3) is 0.500. The molecule has 12 nitrogen and oxygen atoms in total. The van der Waals surface area contributed by atoms with Gasteiger partial charge in [-0.2, -0.15) is 5.09 Å². The van der Waals surface area contributed by atoms with E-state index < -0.39 is 59.9 Å². The van der Waals surface area contributed by atoms with Crippen LogP contribution >= 0.6 is 19.3 Å². The maximum atomic E-state index is 13.8. The Balaban J connectivity index is 1.55. The first-order chi connectivity index (χ1) is 16.9. The van der Waals surface area contributed by atoms with Gasteiger partial charge < -0.3 is 19.1 Å². The third-order valence-corrected chi connectivity index (χ3v) is 8.41. The molecule has 0 spiro atoms. The van der Waals surface area contributed by atoms with E-state index in [0.717, 1.165) is 10.6 Å². The van der Waals surface area contributed by atoms with Crippen molar-refractivity contribution in [3.05, 3.63) is 63.4 Å². The molecule has 1 saturated heterocycles. The van der Waals surface area contributed by atoms with E-state index in [1.54, 1.807) is 37.3 Å². The number of nitrogens with zero attached hydrogens (tertiary/aromatic N) is 1. The van der Waals surface area contributed by atoms with E-state index in [1.165, 1.54) is 20.0 Å². The molecule has 1 aromatic heterocycles. The highest BCUT2D eigenvalue weighted by molar-refractivity contribution is 7.52. The number of carbonyl (C=O) groups is 1. The van der Waals surface area contributed by atoms with E-state index >= 15 is 0 Å². The van der Waals surface area contributed by atoms with Gasteiger partial charge in [0.25, 0.3) is 5.56 Å². The van der Waals surface area contributed by atoms with Crippen LogP contribution in [-0.2, 0) is 29.1 Å². The summed E-state index contributed by atoms with van der Waals surface area (Å²) in [7, 11) is -4.26. The monoisotopic (exact) mass is 543 g/mol. The molecule has 0 amide bonds. The van der Waals surface area contributed by atoms with Gasteiger partial charge >= 0.3 is 19.4 Å². The number of H-pyrrole nitrogens is 1. The molecule has 5 atom stereocenters. The standard InChI is InChI=1S/C22H27ClN3O9P/c1-4-32-18(29)20(2,3)25-36(31,35-14-8-6-5-7-9-14)33-12-15-17(28)21(23)13-22(21,34-15)26-11-10-16(27)24-19(26)30/h5-11,15,17,28H,4,12-13H2,1-3H3,(H,25,31)(H,24,27,30)/t15-,17-,21-,22-,36?/m1/s1. The van der Waals surface area contributed by atoms with Crippen molar-refractivity contribution in [3.63, 3.8) is 0 Å². The molecule has 2 aromatic rings. The number of halogens is 1. The van der Waals surface area contributed by atoms with Crippen LogP contribution in [0.3, 0.4) is 0 Å². The maximum absolute atomic E-state index is 13.8. The van der Waals surface area contributed by atoms with E-state index in [0.29, 0.717) is 0 Å². The second-order valence-corrected chi connectivity index (χ2v) is 11.4. The first kappa shape index (κ1) is 26.6. The van der Waals surface area contributed by atoms with Gasteiger partial charge in [0.05, 0.1) is 13.2 Å². The number of aromatic amines is 1. The van der Waals surface area contributed by atoms with E-state index in [1.807, 2.05) is 0 Å². The number of hydrogen-bond donors (Lipinski definition) is 3. The Morgan fingerprint density at radius 2 is 2.03 bits per heavy atom. The van der Waals surface area contributed by atoms with Crippen molar-refractivity contribution in [2.75, 3.05) is 13.2 Å². The predicted octanol–water partition coefficient (Wildman–Crippen LogP) is 1.47. The molecule has 1 saturated carbocycles. The number of fused-ring (bicyclic) bond motifs is 1. The van der Waals surface area contributed by atoms with Gasteiger partial charge in [-0.05, 0) is 32.9 Å². The molecule has 1 aliphatic carbocycles. The number of esters is 1. The third kappa shape index (κ3) is 4.77. The van der Waals surface area contributed by atoms with E-state index in [2.05, 4.69) is 10.1 Å². The lowest BCUT2D eigenvalue weighted by Crippen LogP contribution is -2.47. The van der Waals surface area contributed by atoms with E-state index in [4.69, 9.17) is 30.1 Å². The topological polar surface area (TPSA) is 158 Å². The highest BCUT2D eigenvalue weighted by Crippen LogP contribution is 2.67. The lowest BCUT2D eigenvalue weighted by Gasteiger charge is -2.30. The van der Waals surface area contributed by atoms with Crippen molar-refractivity contribution in [2.45, 2.75) is 55.5 Å². The number of ether oxygens (including phenoxy) is 2. The molecular weight excluding hydrogens is 517 g/mol. The molecule has 196 valence electrons. The summed E-state index contributed by atoms with van der Waals surface area (Å²) in [6.45, 7) is 4.19. The largest absolute Gasteiger partial charge is 0.465 e. The lowest BCUT2D eigenvalue weighted by molar-refractivity contribution is -0.149. The van der Waals surface area contributed by atoms with Crippen molar-refractivity contribution in [1.82, 2.24) is 14.6 Å². The molecule has 1 aromatic carbocycles. The van der Waals surface area contributed by atoms with Gasteiger partial charge in [-0.3, -0.25) is 23.7 Å². The Morgan fingerprint density at radius 3 is 2.67 bits per heavy atom. The van der Waals surface area contributed by atoms with Crippen LogP contribution < -0.4 is 20.9 Å². The fourth-order valence-corrected chi connectivity index (χ4v) is 6.27. The van der Waals surface area contributed by atoms with Gasteiger partial charge in [0.2, 0.25) is 0 Å². The number of carbonyl (C=O) groups excluding carboxylic acids is 1. The number of aliphatic hydroxyl groups excluding tert-OH is 1. The van der Waals surface area contributed by atoms with Gasteiger partial charge in [-0.15, -0.1) is 11.6 Å². The Labute approximate surface area is 211 Å². The summed E-state index contributed by atoms with van der Waals surface area (Å²) >= 11 is 6.59. The zero-order valence-corrected chi connectivity index (χ0v) is 21.5. The average molecular weight is 544 g/mol. The molecule has 0 bridgehead atoms. The zero-order valence-electron chi connectivity index (χ0n) is 19.8. The third-order valence-electron chi connectivity index (χ3n) is 5.98. The summed E-state index contributed by atoms with van der Waals surface area (Å²) in [5.74, 6) is -0.478. The molecule has 36 heavy (non-hydrogen) atoms. The van der Waals surface area contributed by atoms with Gasteiger partial charge in [0.1, 0.15) is 28.4 Å². The van der Waals surface area contributed by atoms with E-state index in [9.17, 15) is 24.1 Å². The number of aliphatic hydroxyl groups is 1. The lowest BCUT2D eigenvalue weighted by atomic mass is 10.1. The summed E-state index contributed by atoms with van der Waals surface area (Å²) in [6.07, 6.45) is -1.11. The maximum Gasteiger partial charge on any atom is 0.459 e. The minimum absolute atomic E-state index is 0.0947. The minimum Gasteiger partial charge on any atom is -0.465 e. The summed E-state index contributed by atoms with van der Waals surface area (Å²) < 4.78 is 37.1. The predicted molar refractivity (Wildman–Crippen MR) is 128 cm³/mol. The van der Waals surface area contributed by atoms with Gasteiger partial charge in [-0.25, -0.2) is 9.36 Å². The Bertz CT molecular complexity index is 1300. The number of benzene rings is 1. The Hall–Kier alpha value is -2.47. The SMILES string of the molecule is CCOC(=O)C(C)(C)NP(=O)(OC[C@H]1O[C@]2(n3ccc(=O)[nH]c3=O)C[C@@]2(Cl)[C@@H]1O)Oc1ccccc1. The second kappa shape index (κ2) is 9.44. The Kier molecular flexibility index (Phi) is 6.97. The smallest absolute Gasteiger partial charge is 0.459 e. The van der Waals surface area contributed by atoms with Crippen LogP contribution in [0.25, 0.3) is 0 Å².